The summed E-state index contributed by atoms with van der Waals surface area (Å²) in [6, 6.07) is 11.6. The van der Waals surface area contributed by atoms with Crippen LogP contribution in [-0.4, -0.2) is 18.0 Å². The zero-order valence-electron chi connectivity index (χ0n) is 13.4. The molecule has 0 spiro atoms. The van der Waals surface area contributed by atoms with E-state index >= 15 is 0 Å². The molecule has 2 aromatic rings. The lowest BCUT2D eigenvalue weighted by molar-refractivity contribution is 0.207. The number of aryl methyl sites for hydroxylation is 2. The molecule has 0 aliphatic carbocycles. The van der Waals surface area contributed by atoms with Crippen LogP contribution < -0.4 is 5.32 Å². The van der Waals surface area contributed by atoms with Crippen LogP contribution in [0.1, 0.15) is 29.7 Å². The van der Waals surface area contributed by atoms with Crippen LogP contribution in [0.3, 0.4) is 0 Å². The molecule has 0 aliphatic heterocycles. The molecule has 116 valence electrons. The first kappa shape index (κ1) is 16.0. The minimum atomic E-state index is -0.354. The summed E-state index contributed by atoms with van der Waals surface area (Å²) in [4.78, 5) is 13.8. The summed E-state index contributed by atoms with van der Waals surface area (Å²) in [5, 5.41) is 2.84. The predicted octanol–water partition coefficient (Wildman–Crippen LogP) is 4.67. The Hall–Kier alpha value is -2.36. The van der Waals surface area contributed by atoms with Gasteiger partial charge in [-0.05, 0) is 50.1 Å². The molecule has 4 heteroatoms. The second kappa shape index (κ2) is 6.60. The van der Waals surface area contributed by atoms with E-state index < -0.39 is 0 Å². The van der Waals surface area contributed by atoms with Crippen molar-refractivity contribution in [2.45, 2.75) is 26.8 Å². The SMILES string of the molecule is Cc1ccc(NC(=O)N(C)C(C)c2ccccc2F)cc1C. The molecule has 3 nitrogen and oxygen atoms in total. The van der Waals surface area contributed by atoms with Crippen LogP contribution in [-0.2, 0) is 0 Å². The number of rotatable bonds is 3. The highest BCUT2D eigenvalue weighted by Crippen LogP contribution is 2.22. The number of carbonyl (C=O) groups excluding carboxylic acids is 1. The van der Waals surface area contributed by atoms with Crippen molar-refractivity contribution in [2.75, 3.05) is 12.4 Å². The van der Waals surface area contributed by atoms with Crippen LogP contribution in [0.4, 0.5) is 14.9 Å². The number of anilines is 1. The van der Waals surface area contributed by atoms with E-state index in [0.29, 0.717) is 5.56 Å². The predicted molar refractivity (Wildman–Crippen MR) is 87.5 cm³/mol. The van der Waals surface area contributed by atoms with Crippen molar-refractivity contribution in [2.24, 2.45) is 0 Å². The van der Waals surface area contributed by atoms with E-state index in [1.54, 1.807) is 32.2 Å². The third kappa shape index (κ3) is 3.45. The molecule has 0 radical (unpaired) electrons. The molecular formula is C18H21FN2O. The standard InChI is InChI=1S/C18H21FN2O/c1-12-9-10-15(11-13(12)2)20-18(22)21(4)14(3)16-7-5-6-8-17(16)19/h5-11,14H,1-4H3,(H,20,22). The number of halogens is 1. The smallest absolute Gasteiger partial charge is 0.321 e. The molecule has 1 atom stereocenters. The van der Waals surface area contributed by atoms with Crippen molar-refractivity contribution in [3.8, 4) is 0 Å². The normalized spacial score (nSPS) is 11.9. The molecule has 0 fully saturated rings. The molecule has 0 saturated heterocycles. The van der Waals surface area contributed by atoms with Gasteiger partial charge >= 0.3 is 6.03 Å². The Kier molecular flexibility index (Phi) is 4.81. The van der Waals surface area contributed by atoms with Crippen LogP contribution >= 0.6 is 0 Å². The van der Waals surface area contributed by atoms with Crippen molar-refractivity contribution in [3.63, 3.8) is 0 Å². The number of hydrogen-bond acceptors (Lipinski definition) is 1. The van der Waals surface area contributed by atoms with E-state index in [0.717, 1.165) is 11.3 Å². The van der Waals surface area contributed by atoms with Crippen molar-refractivity contribution in [1.82, 2.24) is 4.90 Å². The Morgan fingerprint density at radius 3 is 2.45 bits per heavy atom. The van der Waals surface area contributed by atoms with Crippen LogP contribution in [0.25, 0.3) is 0 Å². The fourth-order valence-electron chi connectivity index (χ4n) is 2.23. The number of nitrogens with one attached hydrogen (secondary N) is 1. The minimum Gasteiger partial charge on any atom is -0.321 e. The fraction of sp³-hybridized carbons (Fsp3) is 0.278. The zero-order chi connectivity index (χ0) is 16.3. The lowest BCUT2D eigenvalue weighted by Crippen LogP contribution is -2.34. The Bertz CT molecular complexity index is 685. The Labute approximate surface area is 130 Å². The van der Waals surface area contributed by atoms with Crippen molar-refractivity contribution in [3.05, 3.63) is 65.0 Å². The highest BCUT2D eigenvalue weighted by Gasteiger charge is 2.20. The maximum atomic E-state index is 13.8. The van der Waals surface area contributed by atoms with Crippen LogP contribution in [0, 0.1) is 19.7 Å². The average Bonchev–Trinajstić information content (AvgIpc) is 2.50. The van der Waals surface area contributed by atoms with E-state index in [-0.39, 0.29) is 17.9 Å². The second-order valence-electron chi connectivity index (χ2n) is 5.54. The Morgan fingerprint density at radius 2 is 1.82 bits per heavy atom. The summed E-state index contributed by atoms with van der Waals surface area (Å²) in [7, 11) is 1.66. The molecule has 0 bridgehead atoms. The van der Waals surface area contributed by atoms with E-state index in [1.807, 2.05) is 32.0 Å². The van der Waals surface area contributed by atoms with Gasteiger partial charge in [0.05, 0.1) is 6.04 Å². The quantitative estimate of drug-likeness (QED) is 0.878. The molecule has 1 N–H and O–H groups in total. The van der Waals surface area contributed by atoms with Gasteiger partial charge in [-0.2, -0.15) is 0 Å². The molecule has 22 heavy (non-hydrogen) atoms. The molecule has 0 saturated carbocycles. The summed E-state index contributed by atoms with van der Waals surface area (Å²) in [6.07, 6.45) is 0. The Balaban J connectivity index is 2.11. The van der Waals surface area contributed by atoms with Crippen molar-refractivity contribution < 1.29 is 9.18 Å². The number of hydrogen-bond donors (Lipinski definition) is 1. The van der Waals surface area contributed by atoms with E-state index in [2.05, 4.69) is 5.32 Å². The van der Waals surface area contributed by atoms with Gasteiger partial charge in [0, 0.05) is 18.3 Å². The third-order valence-corrected chi connectivity index (χ3v) is 4.01. The van der Waals surface area contributed by atoms with Crippen LogP contribution in [0.2, 0.25) is 0 Å². The molecule has 0 heterocycles. The molecule has 2 aromatic carbocycles. The summed E-state index contributed by atoms with van der Waals surface area (Å²) in [5.74, 6) is -0.305. The number of carbonyl (C=O) groups is 1. The van der Waals surface area contributed by atoms with Gasteiger partial charge in [0.25, 0.3) is 0 Å². The number of benzene rings is 2. The lowest BCUT2D eigenvalue weighted by Gasteiger charge is -2.26. The zero-order valence-corrected chi connectivity index (χ0v) is 13.4. The monoisotopic (exact) mass is 300 g/mol. The van der Waals surface area contributed by atoms with Crippen molar-refractivity contribution >= 4 is 11.7 Å². The summed E-state index contributed by atoms with van der Waals surface area (Å²) in [6.45, 7) is 5.82. The van der Waals surface area contributed by atoms with Crippen LogP contribution in [0.5, 0.6) is 0 Å². The first-order valence-corrected chi connectivity index (χ1v) is 7.25. The maximum absolute atomic E-state index is 13.8. The van der Waals surface area contributed by atoms with Gasteiger partial charge in [-0.1, -0.05) is 24.3 Å². The third-order valence-electron chi connectivity index (χ3n) is 4.01. The minimum absolute atomic E-state index is 0.265. The molecule has 1 unspecified atom stereocenters. The van der Waals surface area contributed by atoms with Gasteiger partial charge in [-0.3, -0.25) is 0 Å². The highest BCUT2D eigenvalue weighted by atomic mass is 19.1. The highest BCUT2D eigenvalue weighted by molar-refractivity contribution is 5.89. The Morgan fingerprint density at radius 1 is 1.14 bits per heavy atom. The maximum Gasteiger partial charge on any atom is 0.322 e. The summed E-state index contributed by atoms with van der Waals surface area (Å²) < 4.78 is 13.8. The fourth-order valence-corrected chi connectivity index (χ4v) is 2.23. The molecule has 2 rings (SSSR count). The van der Waals surface area contributed by atoms with Gasteiger partial charge < -0.3 is 10.2 Å². The average molecular weight is 300 g/mol. The van der Waals surface area contributed by atoms with E-state index in [9.17, 15) is 9.18 Å². The number of nitrogens with zero attached hydrogens (tertiary/aromatic N) is 1. The van der Waals surface area contributed by atoms with E-state index in [4.69, 9.17) is 0 Å². The molecular weight excluding hydrogens is 279 g/mol. The van der Waals surface area contributed by atoms with Crippen LogP contribution in [0.15, 0.2) is 42.5 Å². The molecule has 0 aromatic heterocycles. The van der Waals surface area contributed by atoms with Gasteiger partial charge in [0.15, 0.2) is 0 Å². The lowest BCUT2D eigenvalue weighted by atomic mass is 10.1. The molecule has 2 amide bonds. The topological polar surface area (TPSA) is 32.3 Å². The summed E-state index contributed by atoms with van der Waals surface area (Å²) in [5.41, 5.74) is 3.52. The first-order valence-electron chi connectivity index (χ1n) is 7.25. The largest absolute Gasteiger partial charge is 0.322 e. The van der Waals surface area contributed by atoms with Gasteiger partial charge in [0.2, 0.25) is 0 Å². The first-order chi connectivity index (χ1) is 10.4. The second-order valence-corrected chi connectivity index (χ2v) is 5.54. The van der Waals surface area contributed by atoms with E-state index in [1.165, 1.54) is 16.5 Å². The van der Waals surface area contributed by atoms with Gasteiger partial charge in [0.1, 0.15) is 5.82 Å². The molecule has 0 aliphatic rings. The number of amides is 2. The summed E-state index contributed by atoms with van der Waals surface area (Å²) >= 11 is 0. The van der Waals surface area contributed by atoms with Crippen molar-refractivity contribution in [1.29, 1.82) is 0 Å². The van der Waals surface area contributed by atoms with Gasteiger partial charge in [-0.25, -0.2) is 9.18 Å². The number of urea groups is 1. The van der Waals surface area contributed by atoms with Gasteiger partial charge in [-0.15, -0.1) is 0 Å².